The Bertz CT molecular complexity index is 830. The molecule has 0 aliphatic rings. The summed E-state index contributed by atoms with van der Waals surface area (Å²) in [7, 11) is 2.99. The second-order valence-corrected chi connectivity index (χ2v) is 5.98. The average molecular weight is 352 g/mol. The van der Waals surface area contributed by atoms with E-state index in [0.717, 1.165) is 10.7 Å². The molecule has 0 bridgehead atoms. The van der Waals surface area contributed by atoms with Crippen LogP contribution in [0.1, 0.15) is 16.1 Å². The summed E-state index contributed by atoms with van der Waals surface area (Å²) in [6, 6.07) is 3.13. The Balaban J connectivity index is 1.75. The van der Waals surface area contributed by atoms with Gasteiger partial charge < -0.3 is 14.8 Å². The molecule has 0 radical (unpaired) electrons. The van der Waals surface area contributed by atoms with E-state index in [1.165, 1.54) is 14.2 Å². The number of amides is 1. The summed E-state index contributed by atoms with van der Waals surface area (Å²) in [5.74, 6) is 0.553. The molecule has 0 fully saturated rings. The van der Waals surface area contributed by atoms with E-state index in [-0.39, 0.29) is 5.91 Å². The van der Waals surface area contributed by atoms with Crippen LogP contribution < -0.4 is 14.8 Å². The van der Waals surface area contributed by atoms with Crippen LogP contribution in [0.4, 0.5) is 0 Å². The number of methoxy groups -OCH3 is 2. The summed E-state index contributed by atoms with van der Waals surface area (Å²) in [5.41, 5.74) is 1.19. The lowest BCUT2D eigenvalue weighted by atomic mass is 10.2. The van der Waals surface area contributed by atoms with E-state index in [0.29, 0.717) is 28.6 Å². The van der Waals surface area contributed by atoms with Crippen molar-refractivity contribution in [1.82, 2.24) is 14.7 Å². The van der Waals surface area contributed by atoms with Crippen LogP contribution in [-0.4, -0.2) is 29.5 Å². The molecule has 0 unspecified atom stereocenters. The number of halogens is 1. The highest BCUT2D eigenvalue weighted by Gasteiger charge is 2.15. The van der Waals surface area contributed by atoms with Crippen LogP contribution in [-0.2, 0) is 6.54 Å². The summed E-state index contributed by atoms with van der Waals surface area (Å²) in [4.78, 5) is 17.6. The summed E-state index contributed by atoms with van der Waals surface area (Å²) in [6.07, 6.45) is 3.81. The lowest BCUT2D eigenvalue weighted by molar-refractivity contribution is 0.0950. The summed E-state index contributed by atoms with van der Waals surface area (Å²) >= 11 is 7.66. The molecule has 2 heterocycles. The zero-order chi connectivity index (χ0) is 16.4. The molecule has 0 spiro atoms. The SMILES string of the molecule is COc1cc(C(=O)NCc2cn3ccsc3n2)cc(Cl)c1OC. The van der Waals surface area contributed by atoms with E-state index in [2.05, 4.69) is 10.3 Å². The number of carbonyl (C=O) groups is 1. The molecule has 8 heteroatoms. The Labute approximate surface area is 141 Å². The Morgan fingerprint density at radius 1 is 1.39 bits per heavy atom. The minimum Gasteiger partial charge on any atom is -0.493 e. The molecule has 1 aromatic carbocycles. The van der Waals surface area contributed by atoms with Gasteiger partial charge in [-0.25, -0.2) is 4.98 Å². The molecule has 23 heavy (non-hydrogen) atoms. The lowest BCUT2D eigenvalue weighted by Gasteiger charge is -2.11. The molecule has 6 nitrogen and oxygen atoms in total. The van der Waals surface area contributed by atoms with Crippen molar-refractivity contribution in [2.45, 2.75) is 6.54 Å². The topological polar surface area (TPSA) is 64.9 Å². The molecular formula is C15H14ClN3O3S. The number of thiazole rings is 1. The highest BCUT2D eigenvalue weighted by molar-refractivity contribution is 7.15. The predicted molar refractivity (Wildman–Crippen MR) is 88.8 cm³/mol. The number of ether oxygens (including phenoxy) is 2. The van der Waals surface area contributed by atoms with Gasteiger partial charge in [-0.3, -0.25) is 9.20 Å². The first kappa shape index (κ1) is 15.6. The molecule has 0 saturated carbocycles. The summed E-state index contributed by atoms with van der Waals surface area (Å²) < 4.78 is 12.3. The fraction of sp³-hybridized carbons (Fsp3) is 0.200. The van der Waals surface area contributed by atoms with Gasteiger partial charge in [-0.15, -0.1) is 11.3 Å². The molecule has 0 aliphatic carbocycles. The van der Waals surface area contributed by atoms with Crippen LogP contribution in [0.25, 0.3) is 4.96 Å². The Morgan fingerprint density at radius 2 is 2.22 bits per heavy atom. The van der Waals surface area contributed by atoms with Gasteiger partial charge in [0, 0.05) is 23.3 Å². The van der Waals surface area contributed by atoms with E-state index < -0.39 is 0 Å². The van der Waals surface area contributed by atoms with Gasteiger partial charge in [0.05, 0.1) is 31.5 Å². The van der Waals surface area contributed by atoms with Crippen LogP contribution in [0.3, 0.4) is 0 Å². The fourth-order valence-electron chi connectivity index (χ4n) is 2.18. The monoisotopic (exact) mass is 351 g/mol. The van der Waals surface area contributed by atoms with Crippen LogP contribution in [0.2, 0.25) is 5.02 Å². The van der Waals surface area contributed by atoms with Gasteiger partial charge in [-0.1, -0.05) is 11.6 Å². The molecular weight excluding hydrogens is 338 g/mol. The quantitative estimate of drug-likeness (QED) is 0.767. The zero-order valence-electron chi connectivity index (χ0n) is 12.5. The maximum absolute atomic E-state index is 12.3. The smallest absolute Gasteiger partial charge is 0.251 e. The molecule has 0 aliphatic heterocycles. The third-order valence-corrected chi connectivity index (χ3v) is 4.32. The van der Waals surface area contributed by atoms with Gasteiger partial charge in [0.2, 0.25) is 0 Å². The van der Waals surface area contributed by atoms with E-state index in [4.69, 9.17) is 21.1 Å². The summed E-state index contributed by atoms with van der Waals surface area (Å²) in [6.45, 7) is 0.333. The number of nitrogens with one attached hydrogen (secondary N) is 1. The molecule has 120 valence electrons. The molecule has 3 rings (SSSR count). The maximum atomic E-state index is 12.3. The maximum Gasteiger partial charge on any atom is 0.251 e. The van der Waals surface area contributed by atoms with E-state index in [1.807, 2.05) is 22.2 Å². The number of benzene rings is 1. The predicted octanol–water partition coefficient (Wildman–Crippen LogP) is 3.00. The average Bonchev–Trinajstić information content (AvgIpc) is 3.12. The number of nitrogens with zero attached hydrogens (tertiary/aromatic N) is 2. The van der Waals surface area contributed by atoms with Crippen molar-refractivity contribution in [2.24, 2.45) is 0 Å². The van der Waals surface area contributed by atoms with Gasteiger partial charge in [-0.2, -0.15) is 0 Å². The first-order valence-corrected chi connectivity index (χ1v) is 7.99. The van der Waals surface area contributed by atoms with Crippen molar-refractivity contribution in [3.05, 3.63) is 46.2 Å². The first-order chi connectivity index (χ1) is 11.1. The molecule has 1 amide bonds. The second-order valence-electron chi connectivity index (χ2n) is 4.70. The molecule has 3 aromatic rings. The highest BCUT2D eigenvalue weighted by atomic mass is 35.5. The molecule has 2 aromatic heterocycles. The molecule has 0 atom stereocenters. The third kappa shape index (κ3) is 3.11. The minimum atomic E-state index is -0.260. The number of fused-ring (bicyclic) bond motifs is 1. The molecule has 0 saturated heterocycles. The number of imidazole rings is 1. The van der Waals surface area contributed by atoms with Crippen LogP contribution in [0.15, 0.2) is 29.9 Å². The van der Waals surface area contributed by atoms with Gasteiger partial charge in [-0.05, 0) is 12.1 Å². The van der Waals surface area contributed by atoms with E-state index in [1.54, 1.807) is 23.5 Å². The number of hydrogen-bond donors (Lipinski definition) is 1. The van der Waals surface area contributed by atoms with Crippen molar-refractivity contribution in [3.8, 4) is 11.5 Å². The van der Waals surface area contributed by atoms with Crippen LogP contribution >= 0.6 is 22.9 Å². The number of hydrogen-bond acceptors (Lipinski definition) is 5. The van der Waals surface area contributed by atoms with Crippen molar-refractivity contribution in [2.75, 3.05) is 14.2 Å². The van der Waals surface area contributed by atoms with Gasteiger partial charge in [0.15, 0.2) is 16.5 Å². The highest BCUT2D eigenvalue weighted by Crippen LogP contribution is 2.35. The van der Waals surface area contributed by atoms with Gasteiger partial charge in [0.1, 0.15) is 0 Å². The second kappa shape index (κ2) is 6.47. The van der Waals surface area contributed by atoms with Crippen molar-refractivity contribution in [3.63, 3.8) is 0 Å². The lowest BCUT2D eigenvalue weighted by Crippen LogP contribution is -2.23. The Morgan fingerprint density at radius 3 is 2.91 bits per heavy atom. The van der Waals surface area contributed by atoms with Crippen molar-refractivity contribution < 1.29 is 14.3 Å². The van der Waals surface area contributed by atoms with Crippen LogP contribution in [0, 0.1) is 0 Å². The van der Waals surface area contributed by atoms with Gasteiger partial charge in [0.25, 0.3) is 5.91 Å². The Kier molecular flexibility index (Phi) is 4.40. The van der Waals surface area contributed by atoms with Crippen molar-refractivity contribution >= 4 is 33.8 Å². The number of aromatic nitrogens is 2. The zero-order valence-corrected chi connectivity index (χ0v) is 14.1. The standard InChI is InChI=1S/C15H14ClN3O3S/c1-21-12-6-9(5-11(16)13(12)22-2)14(20)17-7-10-8-19-3-4-23-15(19)18-10/h3-6,8H,7H2,1-2H3,(H,17,20). The van der Waals surface area contributed by atoms with Crippen molar-refractivity contribution in [1.29, 1.82) is 0 Å². The van der Waals surface area contributed by atoms with Crippen LogP contribution in [0.5, 0.6) is 11.5 Å². The normalized spacial score (nSPS) is 10.7. The molecule has 1 N–H and O–H groups in total. The largest absolute Gasteiger partial charge is 0.493 e. The first-order valence-electron chi connectivity index (χ1n) is 6.73. The number of rotatable bonds is 5. The third-order valence-electron chi connectivity index (χ3n) is 3.27. The van der Waals surface area contributed by atoms with Gasteiger partial charge >= 0.3 is 0 Å². The number of carbonyl (C=O) groups excluding carboxylic acids is 1. The minimum absolute atomic E-state index is 0.260. The van der Waals surface area contributed by atoms with E-state index in [9.17, 15) is 4.79 Å². The summed E-state index contributed by atoms with van der Waals surface area (Å²) in [5, 5.41) is 5.09. The fourth-order valence-corrected chi connectivity index (χ4v) is 3.19. The Hall–Kier alpha value is -2.25. The van der Waals surface area contributed by atoms with E-state index >= 15 is 0 Å².